The minimum atomic E-state index is -4.60. The number of carbonyl (C=O) groups is 2. The zero-order valence-corrected chi connectivity index (χ0v) is 19.4. The predicted octanol–water partition coefficient (Wildman–Crippen LogP) is 4.31. The van der Waals surface area contributed by atoms with Gasteiger partial charge in [0.15, 0.2) is 0 Å². The van der Waals surface area contributed by atoms with Crippen LogP contribution in [0.25, 0.3) is 0 Å². The van der Waals surface area contributed by atoms with Gasteiger partial charge in [-0.15, -0.1) is 0 Å². The number of nitrogens with zero attached hydrogens (tertiary/aromatic N) is 2. The van der Waals surface area contributed by atoms with Crippen molar-refractivity contribution in [3.8, 4) is 0 Å². The van der Waals surface area contributed by atoms with Crippen LogP contribution in [-0.2, 0) is 15.7 Å². The zero-order chi connectivity index (χ0) is 24.3. The van der Waals surface area contributed by atoms with E-state index in [0.29, 0.717) is 49.6 Å². The van der Waals surface area contributed by atoms with Crippen LogP contribution in [0.4, 0.5) is 18.9 Å². The standard InChI is InChI=1S/C24H30F3N3O3/c1-5-30(18-6-8-33-9-7-18)21-12-17(24(25,26)27)11-19(16(21)4)22(31)28-13-20-14(2)10-15(3)29-23(20)32/h10-12,18,20H,5-9,13H2,1-4H3,(H,28,31). The lowest BCUT2D eigenvalue weighted by Crippen LogP contribution is -2.40. The first-order valence-electron chi connectivity index (χ1n) is 11.1. The quantitative estimate of drug-likeness (QED) is 0.680. The maximum atomic E-state index is 13.7. The average Bonchev–Trinajstić information content (AvgIpc) is 2.74. The minimum absolute atomic E-state index is 0.0285. The van der Waals surface area contributed by atoms with E-state index >= 15 is 0 Å². The normalized spacial score (nSPS) is 19.7. The van der Waals surface area contributed by atoms with E-state index in [2.05, 4.69) is 10.3 Å². The lowest BCUT2D eigenvalue weighted by molar-refractivity contribution is -0.137. The third-order valence-electron chi connectivity index (χ3n) is 6.27. The van der Waals surface area contributed by atoms with Crippen molar-refractivity contribution in [3.05, 3.63) is 40.5 Å². The Morgan fingerprint density at radius 3 is 2.45 bits per heavy atom. The van der Waals surface area contributed by atoms with Crippen molar-refractivity contribution in [3.63, 3.8) is 0 Å². The fraction of sp³-hybridized carbons (Fsp3) is 0.542. The van der Waals surface area contributed by atoms with Crippen LogP contribution in [0.3, 0.4) is 0 Å². The molecule has 0 aliphatic carbocycles. The Balaban J connectivity index is 1.92. The van der Waals surface area contributed by atoms with Crippen molar-refractivity contribution in [2.45, 2.75) is 52.8 Å². The van der Waals surface area contributed by atoms with Crippen molar-refractivity contribution in [1.82, 2.24) is 5.32 Å². The Morgan fingerprint density at radius 2 is 1.88 bits per heavy atom. The van der Waals surface area contributed by atoms with E-state index in [0.717, 1.165) is 17.7 Å². The van der Waals surface area contributed by atoms with Gasteiger partial charge in [0, 0.05) is 49.3 Å². The second kappa shape index (κ2) is 10.1. The van der Waals surface area contributed by atoms with Crippen LogP contribution < -0.4 is 10.2 Å². The van der Waals surface area contributed by atoms with Gasteiger partial charge >= 0.3 is 6.18 Å². The number of anilines is 1. The molecule has 180 valence electrons. The highest BCUT2D eigenvalue weighted by Crippen LogP contribution is 2.37. The molecule has 1 atom stereocenters. The fourth-order valence-electron chi connectivity index (χ4n) is 4.47. The summed E-state index contributed by atoms with van der Waals surface area (Å²) in [7, 11) is 0. The Labute approximate surface area is 191 Å². The van der Waals surface area contributed by atoms with Crippen LogP contribution in [0.1, 0.15) is 55.1 Å². The molecule has 2 heterocycles. The highest BCUT2D eigenvalue weighted by Gasteiger charge is 2.34. The van der Waals surface area contributed by atoms with Crippen LogP contribution >= 0.6 is 0 Å². The molecule has 3 rings (SSSR count). The summed E-state index contributed by atoms with van der Waals surface area (Å²) < 4.78 is 46.6. The number of hydrogen-bond donors (Lipinski definition) is 1. The molecule has 1 N–H and O–H groups in total. The van der Waals surface area contributed by atoms with Gasteiger partial charge < -0.3 is 15.0 Å². The molecule has 0 radical (unpaired) electrons. The molecule has 9 heteroatoms. The van der Waals surface area contributed by atoms with E-state index in [4.69, 9.17) is 4.74 Å². The van der Waals surface area contributed by atoms with Crippen LogP contribution in [0.15, 0.2) is 28.8 Å². The van der Waals surface area contributed by atoms with Gasteiger partial charge in [-0.3, -0.25) is 9.59 Å². The number of hydrogen-bond acceptors (Lipinski definition) is 4. The number of amides is 2. The number of rotatable bonds is 6. The number of dihydropyridines is 1. The molecule has 0 spiro atoms. The van der Waals surface area contributed by atoms with Crippen LogP contribution in [0, 0.1) is 12.8 Å². The highest BCUT2D eigenvalue weighted by atomic mass is 19.4. The smallest absolute Gasteiger partial charge is 0.381 e. The van der Waals surface area contributed by atoms with Gasteiger partial charge in [-0.25, -0.2) is 4.99 Å². The molecular weight excluding hydrogens is 435 g/mol. The predicted molar refractivity (Wildman–Crippen MR) is 121 cm³/mol. The molecule has 0 aromatic heterocycles. The van der Waals surface area contributed by atoms with E-state index < -0.39 is 23.6 Å². The van der Waals surface area contributed by atoms with Crippen molar-refractivity contribution in [2.75, 3.05) is 31.2 Å². The van der Waals surface area contributed by atoms with Gasteiger partial charge in [0.1, 0.15) is 0 Å². The summed E-state index contributed by atoms with van der Waals surface area (Å²) in [4.78, 5) is 31.1. The van der Waals surface area contributed by atoms with E-state index in [1.807, 2.05) is 11.8 Å². The van der Waals surface area contributed by atoms with Gasteiger partial charge in [0.2, 0.25) is 0 Å². The summed E-state index contributed by atoms with van der Waals surface area (Å²) in [6.45, 7) is 8.62. The third-order valence-corrected chi connectivity index (χ3v) is 6.27. The molecule has 6 nitrogen and oxygen atoms in total. The Bertz CT molecular complexity index is 979. The minimum Gasteiger partial charge on any atom is -0.381 e. The zero-order valence-electron chi connectivity index (χ0n) is 19.4. The molecule has 1 unspecified atom stereocenters. The SMILES string of the molecule is CCN(c1cc(C(F)(F)F)cc(C(=O)NCC2C(=O)N=C(C)C=C2C)c1C)C1CCOCC1. The van der Waals surface area contributed by atoms with Gasteiger partial charge in [-0.1, -0.05) is 5.57 Å². The lowest BCUT2D eigenvalue weighted by atomic mass is 9.95. The number of nitrogens with one attached hydrogen (secondary N) is 1. The second-order valence-corrected chi connectivity index (χ2v) is 8.54. The van der Waals surface area contributed by atoms with E-state index in [1.54, 1.807) is 26.8 Å². The van der Waals surface area contributed by atoms with Gasteiger partial charge in [-0.2, -0.15) is 13.2 Å². The van der Waals surface area contributed by atoms with E-state index in [1.165, 1.54) is 0 Å². The van der Waals surface area contributed by atoms with Crippen LogP contribution in [0.5, 0.6) is 0 Å². The molecule has 2 aliphatic heterocycles. The van der Waals surface area contributed by atoms with E-state index in [-0.39, 0.29) is 24.1 Å². The molecule has 0 bridgehead atoms. The monoisotopic (exact) mass is 465 g/mol. The van der Waals surface area contributed by atoms with Gasteiger partial charge in [0.05, 0.1) is 11.5 Å². The first-order valence-corrected chi connectivity index (χ1v) is 11.1. The second-order valence-electron chi connectivity index (χ2n) is 8.54. The number of alkyl halides is 3. The summed E-state index contributed by atoms with van der Waals surface area (Å²) in [6.07, 6.45) is -1.42. The molecule has 1 fully saturated rings. The third kappa shape index (κ3) is 5.63. The summed E-state index contributed by atoms with van der Waals surface area (Å²) >= 11 is 0. The van der Waals surface area contributed by atoms with Crippen LogP contribution in [-0.4, -0.2) is 49.9 Å². The van der Waals surface area contributed by atoms with Crippen LogP contribution in [0.2, 0.25) is 0 Å². The molecule has 2 amide bonds. The summed E-state index contributed by atoms with van der Waals surface area (Å²) in [5.41, 5.74) is 1.30. The topological polar surface area (TPSA) is 71.0 Å². The fourth-order valence-corrected chi connectivity index (χ4v) is 4.47. The Kier molecular flexibility index (Phi) is 7.62. The largest absolute Gasteiger partial charge is 0.416 e. The van der Waals surface area contributed by atoms with E-state index in [9.17, 15) is 22.8 Å². The maximum Gasteiger partial charge on any atom is 0.416 e. The molecular formula is C24H30F3N3O3. The molecule has 33 heavy (non-hydrogen) atoms. The number of benzene rings is 1. The molecule has 1 aromatic carbocycles. The number of halogens is 3. The Hall–Kier alpha value is -2.68. The molecule has 1 saturated heterocycles. The lowest BCUT2D eigenvalue weighted by Gasteiger charge is -2.37. The molecule has 0 saturated carbocycles. The summed E-state index contributed by atoms with van der Waals surface area (Å²) in [5, 5.41) is 2.65. The Morgan fingerprint density at radius 1 is 1.21 bits per heavy atom. The van der Waals surface area contributed by atoms with Crippen molar-refractivity contribution < 1.29 is 27.5 Å². The average molecular weight is 466 g/mol. The molecule has 1 aromatic rings. The molecule has 2 aliphatic rings. The maximum absolute atomic E-state index is 13.7. The number of allylic oxidation sites excluding steroid dienone is 1. The van der Waals surface area contributed by atoms with Gasteiger partial charge in [-0.05, 0) is 64.3 Å². The van der Waals surface area contributed by atoms with Crippen molar-refractivity contribution >= 4 is 23.2 Å². The number of ether oxygens (including phenoxy) is 1. The summed E-state index contributed by atoms with van der Waals surface area (Å²) in [6, 6.07) is 2.05. The first kappa shape index (κ1) is 25.0. The summed E-state index contributed by atoms with van der Waals surface area (Å²) in [5.74, 6) is -1.64. The van der Waals surface area contributed by atoms with Crippen molar-refractivity contribution in [2.24, 2.45) is 10.9 Å². The van der Waals surface area contributed by atoms with Gasteiger partial charge in [0.25, 0.3) is 11.8 Å². The van der Waals surface area contributed by atoms with Crippen molar-refractivity contribution in [1.29, 1.82) is 0 Å². The number of aliphatic imine (C=N–C) groups is 1. The first-order chi connectivity index (χ1) is 15.5. The number of carbonyl (C=O) groups excluding carboxylic acids is 2. The highest BCUT2D eigenvalue weighted by molar-refractivity contribution is 6.06.